The molecule has 2 rings (SSSR count). The molecule has 0 aromatic rings. The summed E-state index contributed by atoms with van der Waals surface area (Å²) in [6.07, 6.45) is 11.6. The van der Waals surface area contributed by atoms with Crippen molar-refractivity contribution in [3.63, 3.8) is 0 Å². The molecular formula is C20H32O2. The van der Waals surface area contributed by atoms with Crippen molar-refractivity contribution >= 4 is 0 Å². The minimum atomic E-state index is -0.794. The average molecular weight is 304 g/mol. The number of rotatable bonds is 1. The SMILES string of the molecule is C/C1=C\CC[C@@](C)(O)[C@@H]2C=C(C(C)C)[C@H](C/C(C)=C/CC1)O2. The van der Waals surface area contributed by atoms with Gasteiger partial charge in [-0.2, -0.15) is 0 Å². The number of hydrogen-bond donors (Lipinski definition) is 1. The lowest BCUT2D eigenvalue weighted by Gasteiger charge is -2.29. The Hall–Kier alpha value is -0.860. The molecule has 0 aromatic heterocycles. The van der Waals surface area contributed by atoms with Crippen molar-refractivity contribution in [1.29, 1.82) is 0 Å². The van der Waals surface area contributed by atoms with Crippen molar-refractivity contribution in [3.8, 4) is 0 Å². The van der Waals surface area contributed by atoms with Crippen LogP contribution in [0.1, 0.15) is 66.7 Å². The molecule has 0 radical (unpaired) electrons. The molecule has 1 N–H and O–H groups in total. The Morgan fingerprint density at radius 1 is 1.18 bits per heavy atom. The van der Waals surface area contributed by atoms with Crippen LogP contribution in [-0.2, 0) is 4.74 Å². The van der Waals surface area contributed by atoms with Gasteiger partial charge in [0.15, 0.2) is 0 Å². The van der Waals surface area contributed by atoms with Crippen LogP contribution in [0.2, 0.25) is 0 Å². The van der Waals surface area contributed by atoms with Gasteiger partial charge < -0.3 is 9.84 Å². The van der Waals surface area contributed by atoms with Crippen LogP contribution in [0, 0.1) is 5.92 Å². The first-order valence-electron chi connectivity index (χ1n) is 8.70. The second-order valence-electron chi connectivity index (χ2n) is 7.61. The first-order valence-corrected chi connectivity index (χ1v) is 8.70. The Morgan fingerprint density at radius 2 is 1.86 bits per heavy atom. The molecule has 2 aliphatic heterocycles. The van der Waals surface area contributed by atoms with Crippen molar-refractivity contribution in [2.24, 2.45) is 5.92 Å². The third kappa shape index (κ3) is 4.33. The van der Waals surface area contributed by atoms with Crippen LogP contribution in [0.5, 0.6) is 0 Å². The smallest absolute Gasteiger partial charge is 0.105 e. The van der Waals surface area contributed by atoms with Gasteiger partial charge >= 0.3 is 0 Å². The molecule has 2 heterocycles. The molecule has 2 aliphatic rings. The third-order valence-electron chi connectivity index (χ3n) is 4.99. The van der Waals surface area contributed by atoms with E-state index in [1.807, 2.05) is 6.92 Å². The Kier molecular flexibility index (Phi) is 5.68. The van der Waals surface area contributed by atoms with E-state index >= 15 is 0 Å². The molecular weight excluding hydrogens is 272 g/mol. The summed E-state index contributed by atoms with van der Waals surface area (Å²) in [6, 6.07) is 0. The highest BCUT2D eigenvalue weighted by Gasteiger charge is 2.39. The Morgan fingerprint density at radius 3 is 2.55 bits per heavy atom. The van der Waals surface area contributed by atoms with Crippen molar-refractivity contribution in [2.75, 3.05) is 0 Å². The molecule has 0 aromatic carbocycles. The van der Waals surface area contributed by atoms with Crippen molar-refractivity contribution in [2.45, 2.75) is 84.5 Å². The quantitative estimate of drug-likeness (QED) is 0.695. The minimum Gasteiger partial charge on any atom is -0.387 e. The van der Waals surface area contributed by atoms with E-state index in [4.69, 9.17) is 4.74 Å². The van der Waals surface area contributed by atoms with E-state index in [9.17, 15) is 5.11 Å². The summed E-state index contributed by atoms with van der Waals surface area (Å²) in [5.74, 6) is 0.466. The fourth-order valence-electron chi connectivity index (χ4n) is 3.41. The molecule has 0 unspecified atom stereocenters. The van der Waals surface area contributed by atoms with E-state index in [0.717, 1.165) is 32.1 Å². The molecule has 2 bridgehead atoms. The summed E-state index contributed by atoms with van der Waals surface area (Å²) in [5, 5.41) is 10.9. The largest absolute Gasteiger partial charge is 0.387 e. The molecule has 0 saturated heterocycles. The van der Waals surface area contributed by atoms with E-state index in [0.29, 0.717) is 5.92 Å². The van der Waals surface area contributed by atoms with Gasteiger partial charge in [0.1, 0.15) is 6.10 Å². The number of fused-ring (bicyclic) bond motifs is 2. The second-order valence-corrected chi connectivity index (χ2v) is 7.61. The summed E-state index contributed by atoms with van der Waals surface area (Å²) >= 11 is 0. The Labute approximate surface area is 136 Å². The fraction of sp³-hybridized carbons (Fsp3) is 0.700. The first-order chi connectivity index (χ1) is 10.3. The van der Waals surface area contributed by atoms with Gasteiger partial charge in [0.05, 0.1) is 11.7 Å². The summed E-state index contributed by atoms with van der Waals surface area (Å²) in [7, 11) is 0. The van der Waals surface area contributed by atoms with Gasteiger partial charge in [-0.25, -0.2) is 0 Å². The van der Waals surface area contributed by atoms with Crippen LogP contribution < -0.4 is 0 Å². The van der Waals surface area contributed by atoms with Crippen molar-refractivity contribution < 1.29 is 9.84 Å². The number of aliphatic hydroxyl groups is 1. The normalized spacial score (nSPS) is 39.0. The first kappa shape index (κ1) is 17.5. The van der Waals surface area contributed by atoms with E-state index in [-0.39, 0.29) is 12.2 Å². The molecule has 0 fully saturated rings. The lowest BCUT2D eigenvalue weighted by atomic mass is 9.89. The highest BCUT2D eigenvalue weighted by atomic mass is 16.5. The van der Waals surface area contributed by atoms with E-state index < -0.39 is 5.60 Å². The molecule has 0 spiro atoms. The summed E-state index contributed by atoms with van der Waals surface area (Å²) < 4.78 is 6.26. The topological polar surface area (TPSA) is 29.5 Å². The molecule has 3 atom stereocenters. The van der Waals surface area contributed by atoms with E-state index in [1.165, 1.54) is 16.7 Å². The van der Waals surface area contributed by atoms with Crippen LogP contribution >= 0.6 is 0 Å². The van der Waals surface area contributed by atoms with Crippen LogP contribution in [0.4, 0.5) is 0 Å². The summed E-state index contributed by atoms with van der Waals surface area (Å²) in [5.41, 5.74) is 3.37. The van der Waals surface area contributed by atoms with Gasteiger partial charge in [0.2, 0.25) is 0 Å². The molecule has 22 heavy (non-hydrogen) atoms. The maximum Gasteiger partial charge on any atom is 0.105 e. The zero-order valence-corrected chi connectivity index (χ0v) is 14.9. The van der Waals surface area contributed by atoms with Gasteiger partial charge in [-0.15, -0.1) is 0 Å². The standard InChI is InChI=1S/C20H32O2/c1-14(2)17-13-19-20(5,21)11-7-10-15(3)8-6-9-16(4)12-18(17)22-19/h9-10,13-14,18-19,21H,6-8,11-12H2,1-5H3/b15-10+,16-9+/t18-,19-,20+/m0/s1. The Balaban J connectivity index is 2.27. The third-order valence-corrected chi connectivity index (χ3v) is 4.99. The van der Waals surface area contributed by atoms with E-state index in [2.05, 4.69) is 45.9 Å². The van der Waals surface area contributed by atoms with E-state index in [1.54, 1.807) is 0 Å². The second kappa shape index (κ2) is 7.14. The number of ether oxygens (including phenoxy) is 1. The van der Waals surface area contributed by atoms with Gasteiger partial charge in [-0.3, -0.25) is 0 Å². The predicted octanol–water partition coefficient (Wildman–Crippen LogP) is 4.94. The lowest BCUT2D eigenvalue weighted by Crippen LogP contribution is -2.39. The summed E-state index contributed by atoms with van der Waals surface area (Å²) in [6.45, 7) is 10.7. The molecule has 2 heteroatoms. The monoisotopic (exact) mass is 304 g/mol. The summed E-state index contributed by atoms with van der Waals surface area (Å²) in [4.78, 5) is 0. The van der Waals surface area contributed by atoms with Gasteiger partial charge in [-0.05, 0) is 64.4 Å². The highest BCUT2D eigenvalue weighted by molar-refractivity contribution is 5.24. The van der Waals surface area contributed by atoms with Gasteiger partial charge in [0, 0.05) is 0 Å². The minimum absolute atomic E-state index is 0.127. The van der Waals surface area contributed by atoms with Crippen molar-refractivity contribution in [1.82, 2.24) is 0 Å². The average Bonchev–Trinajstić information content (AvgIpc) is 2.82. The molecule has 124 valence electrons. The van der Waals surface area contributed by atoms with Crippen molar-refractivity contribution in [3.05, 3.63) is 34.9 Å². The van der Waals surface area contributed by atoms with Gasteiger partial charge in [-0.1, -0.05) is 43.2 Å². The lowest BCUT2D eigenvalue weighted by molar-refractivity contribution is -0.0860. The van der Waals surface area contributed by atoms with Crippen LogP contribution in [0.3, 0.4) is 0 Å². The Bertz CT molecular complexity index is 480. The molecule has 2 nitrogen and oxygen atoms in total. The molecule has 0 saturated carbocycles. The van der Waals surface area contributed by atoms with Crippen LogP contribution in [0.15, 0.2) is 34.9 Å². The zero-order valence-electron chi connectivity index (χ0n) is 14.9. The molecule has 0 amide bonds. The highest BCUT2D eigenvalue weighted by Crippen LogP contribution is 2.36. The fourth-order valence-corrected chi connectivity index (χ4v) is 3.41. The maximum absolute atomic E-state index is 10.9. The van der Waals surface area contributed by atoms with Crippen LogP contribution in [0.25, 0.3) is 0 Å². The maximum atomic E-state index is 10.9. The number of hydrogen-bond acceptors (Lipinski definition) is 2. The zero-order chi connectivity index (χ0) is 16.3. The van der Waals surface area contributed by atoms with Gasteiger partial charge in [0.25, 0.3) is 0 Å². The van der Waals surface area contributed by atoms with Crippen LogP contribution in [-0.4, -0.2) is 22.9 Å². The molecule has 0 aliphatic carbocycles. The number of allylic oxidation sites excluding steroid dienone is 3. The predicted molar refractivity (Wildman–Crippen MR) is 92.8 cm³/mol.